The number of rotatable bonds is 7. The Kier molecular flexibility index (Phi) is 5.92. The van der Waals surface area contributed by atoms with Crippen LogP contribution in [0.1, 0.15) is 50.5 Å². The van der Waals surface area contributed by atoms with Crippen molar-refractivity contribution < 1.29 is 9.53 Å². The van der Waals surface area contributed by atoms with Crippen LogP contribution in [0.15, 0.2) is 24.3 Å². The minimum atomic E-state index is 0.140. The Morgan fingerprint density at radius 3 is 2.87 bits per heavy atom. The summed E-state index contributed by atoms with van der Waals surface area (Å²) >= 11 is 0. The number of nitrogens with one attached hydrogen (secondary N) is 2. The monoisotopic (exact) mass is 316 g/mol. The predicted molar refractivity (Wildman–Crippen MR) is 91.7 cm³/mol. The molecule has 4 heteroatoms. The van der Waals surface area contributed by atoms with Crippen LogP contribution in [-0.2, 0) is 11.2 Å². The molecule has 126 valence electrons. The smallest absolute Gasteiger partial charge is 0.220 e. The number of carbonyl (C=O) groups is 1. The number of amides is 1. The lowest BCUT2D eigenvalue weighted by atomic mass is 10.1. The van der Waals surface area contributed by atoms with Crippen molar-refractivity contribution in [3.05, 3.63) is 29.8 Å². The van der Waals surface area contributed by atoms with E-state index >= 15 is 0 Å². The second-order valence-electron chi connectivity index (χ2n) is 6.77. The normalized spacial score (nSPS) is 21.5. The minimum Gasteiger partial charge on any atom is -0.490 e. The molecule has 1 aliphatic carbocycles. The van der Waals surface area contributed by atoms with Gasteiger partial charge in [0.05, 0.1) is 6.10 Å². The van der Waals surface area contributed by atoms with E-state index < -0.39 is 0 Å². The lowest BCUT2D eigenvalue weighted by molar-refractivity contribution is -0.121. The van der Waals surface area contributed by atoms with Crippen LogP contribution < -0.4 is 15.4 Å². The number of hydrogen-bond donors (Lipinski definition) is 2. The zero-order valence-corrected chi connectivity index (χ0v) is 13.9. The molecule has 1 aliphatic heterocycles. The summed E-state index contributed by atoms with van der Waals surface area (Å²) < 4.78 is 6.03. The van der Waals surface area contributed by atoms with Crippen molar-refractivity contribution in [2.75, 3.05) is 13.1 Å². The lowest BCUT2D eigenvalue weighted by Gasteiger charge is -2.14. The highest BCUT2D eigenvalue weighted by Crippen LogP contribution is 2.24. The third kappa shape index (κ3) is 5.24. The minimum absolute atomic E-state index is 0.140. The van der Waals surface area contributed by atoms with Gasteiger partial charge in [-0.25, -0.2) is 0 Å². The number of hydrogen-bond acceptors (Lipinski definition) is 3. The average molecular weight is 316 g/mol. The Morgan fingerprint density at radius 1 is 1.22 bits per heavy atom. The van der Waals surface area contributed by atoms with E-state index in [1.54, 1.807) is 0 Å². The summed E-state index contributed by atoms with van der Waals surface area (Å²) in [5.41, 5.74) is 1.18. The van der Waals surface area contributed by atoms with Crippen LogP contribution in [-0.4, -0.2) is 31.1 Å². The van der Waals surface area contributed by atoms with Crippen molar-refractivity contribution in [3.8, 4) is 5.75 Å². The third-order valence-electron chi connectivity index (χ3n) is 4.85. The average Bonchev–Trinajstić information content (AvgIpc) is 3.25. The molecular formula is C19H28N2O2. The van der Waals surface area contributed by atoms with Gasteiger partial charge in [-0.3, -0.25) is 4.79 Å². The maximum Gasteiger partial charge on any atom is 0.220 e. The van der Waals surface area contributed by atoms with Crippen LogP contribution in [0, 0.1) is 0 Å². The Bertz CT molecular complexity index is 506. The molecule has 0 bridgehead atoms. The first kappa shape index (κ1) is 16.3. The van der Waals surface area contributed by atoms with E-state index in [1.807, 2.05) is 12.1 Å². The van der Waals surface area contributed by atoms with Crippen LogP contribution in [0.4, 0.5) is 0 Å². The van der Waals surface area contributed by atoms with Crippen molar-refractivity contribution in [2.45, 2.75) is 63.5 Å². The van der Waals surface area contributed by atoms with Gasteiger partial charge in [-0.15, -0.1) is 0 Å². The molecule has 2 aliphatic rings. The molecule has 1 saturated carbocycles. The highest BCUT2D eigenvalue weighted by Gasteiger charge is 2.17. The first-order valence-electron chi connectivity index (χ1n) is 9.05. The topological polar surface area (TPSA) is 50.4 Å². The molecule has 1 aromatic carbocycles. The van der Waals surface area contributed by atoms with Crippen LogP contribution in [0.25, 0.3) is 0 Å². The van der Waals surface area contributed by atoms with Gasteiger partial charge >= 0.3 is 0 Å². The molecule has 1 atom stereocenters. The van der Waals surface area contributed by atoms with Gasteiger partial charge in [0.1, 0.15) is 5.75 Å². The van der Waals surface area contributed by atoms with E-state index in [2.05, 4.69) is 22.8 Å². The highest BCUT2D eigenvalue weighted by atomic mass is 16.5. The van der Waals surface area contributed by atoms with Gasteiger partial charge in [-0.05, 0) is 69.2 Å². The highest BCUT2D eigenvalue weighted by molar-refractivity contribution is 5.76. The van der Waals surface area contributed by atoms with Gasteiger partial charge in [0, 0.05) is 19.0 Å². The van der Waals surface area contributed by atoms with Crippen LogP contribution in [0.5, 0.6) is 5.75 Å². The molecule has 1 saturated heterocycles. The molecule has 2 N–H and O–H groups in total. The van der Waals surface area contributed by atoms with E-state index in [0.29, 0.717) is 18.6 Å². The summed E-state index contributed by atoms with van der Waals surface area (Å²) in [7, 11) is 0. The molecule has 1 unspecified atom stereocenters. The zero-order valence-electron chi connectivity index (χ0n) is 13.9. The number of carbonyl (C=O) groups excluding carboxylic acids is 1. The fourth-order valence-corrected chi connectivity index (χ4v) is 3.49. The van der Waals surface area contributed by atoms with Crippen LogP contribution >= 0.6 is 0 Å². The second-order valence-corrected chi connectivity index (χ2v) is 6.77. The van der Waals surface area contributed by atoms with Crippen LogP contribution in [0.2, 0.25) is 0 Å². The largest absolute Gasteiger partial charge is 0.490 e. The van der Waals surface area contributed by atoms with E-state index in [1.165, 1.54) is 44.1 Å². The van der Waals surface area contributed by atoms with Gasteiger partial charge in [0.25, 0.3) is 0 Å². The Balaban J connectivity index is 1.41. The molecular weight excluding hydrogens is 288 g/mol. The Morgan fingerprint density at radius 2 is 2.09 bits per heavy atom. The fourth-order valence-electron chi connectivity index (χ4n) is 3.49. The summed E-state index contributed by atoms with van der Waals surface area (Å²) in [5, 5.41) is 6.43. The van der Waals surface area contributed by atoms with Gasteiger partial charge < -0.3 is 15.4 Å². The fraction of sp³-hybridized carbons (Fsp3) is 0.632. The van der Waals surface area contributed by atoms with E-state index in [4.69, 9.17) is 4.74 Å². The number of aryl methyl sites for hydroxylation is 1. The first-order chi connectivity index (χ1) is 11.3. The zero-order chi connectivity index (χ0) is 15.9. The van der Waals surface area contributed by atoms with E-state index in [9.17, 15) is 4.79 Å². The third-order valence-corrected chi connectivity index (χ3v) is 4.85. The van der Waals surface area contributed by atoms with E-state index in [0.717, 1.165) is 25.3 Å². The van der Waals surface area contributed by atoms with Crippen LogP contribution in [0.3, 0.4) is 0 Å². The van der Waals surface area contributed by atoms with Crippen molar-refractivity contribution in [2.24, 2.45) is 0 Å². The number of benzene rings is 1. The number of ether oxygens (including phenoxy) is 1. The molecule has 23 heavy (non-hydrogen) atoms. The summed E-state index contributed by atoms with van der Waals surface area (Å²) in [4.78, 5) is 12.0. The maximum absolute atomic E-state index is 12.0. The first-order valence-corrected chi connectivity index (χ1v) is 9.05. The van der Waals surface area contributed by atoms with Gasteiger partial charge in [0.15, 0.2) is 0 Å². The summed E-state index contributed by atoms with van der Waals surface area (Å²) in [6.07, 6.45) is 8.97. The maximum atomic E-state index is 12.0. The quantitative estimate of drug-likeness (QED) is 0.813. The summed E-state index contributed by atoms with van der Waals surface area (Å²) in [5.74, 6) is 1.09. The summed E-state index contributed by atoms with van der Waals surface area (Å²) in [6.45, 7) is 1.83. The Hall–Kier alpha value is -1.55. The van der Waals surface area contributed by atoms with Crippen molar-refractivity contribution in [1.82, 2.24) is 10.6 Å². The standard InChI is InChI=1S/C19H28N2O2/c22-19(21-14-16-6-4-12-20-16)11-10-15-5-3-9-18(13-15)23-17-7-1-2-8-17/h3,5,9,13,16-17,20H,1-2,4,6-8,10-12,14H2,(H,21,22). The van der Waals surface area contributed by atoms with Gasteiger partial charge in [-0.2, -0.15) is 0 Å². The van der Waals surface area contributed by atoms with Crippen molar-refractivity contribution in [3.63, 3.8) is 0 Å². The molecule has 1 heterocycles. The SMILES string of the molecule is O=C(CCc1cccc(OC2CCCC2)c1)NCC1CCCN1. The molecule has 1 aromatic rings. The molecule has 3 rings (SSSR count). The van der Waals surface area contributed by atoms with E-state index in [-0.39, 0.29) is 5.91 Å². The second kappa shape index (κ2) is 8.34. The van der Waals surface area contributed by atoms with Gasteiger partial charge in [-0.1, -0.05) is 12.1 Å². The van der Waals surface area contributed by atoms with Gasteiger partial charge in [0.2, 0.25) is 5.91 Å². The molecule has 4 nitrogen and oxygen atoms in total. The molecule has 2 fully saturated rings. The molecule has 0 radical (unpaired) electrons. The summed E-state index contributed by atoms with van der Waals surface area (Å²) in [6, 6.07) is 8.67. The van der Waals surface area contributed by atoms with Crippen molar-refractivity contribution in [1.29, 1.82) is 0 Å². The molecule has 0 aromatic heterocycles. The lowest BCUT2D eigenvalue weighted by Crippen LogP contribution is -2.37. The molecule has 0 spiro atoms. The van der Waals surface area contributed by atoms with Crippen molar-refractivity contribution >= 4 is 5.91 Å². The molecule has 1 amide bonds. The Labute approximate surface area is 139 Å². The predicted octanol–water partition coefficient (Wildman–Crippen LogP) is 2.81.